The molecule has 0 amide bonds. The van der Waals surface area contributed by atoms with Gasteiger partial charge in [-0.1, -0.05) is 27.3 Å². The maximum Gasteiger partial charge on any atom is 0.0297 e. The van der Waals surface area contributed by atoms with E-state index in [4.69, 9.17) is 1.37 Å². The number of hydrogen-bond acceptors (Lipinski definition) is 1. The Kier molecular flexibility index (Phi) is 7.46. The van der Waals surface area contributed by atoms with Crippen LogP contribution in [0.5, 0.6) is 0 Å². The number of nitrogens with zero attached hydrogens (tertiary/aromatic N) is 1. The summed E-state index contributed by atoms with van der Waals surface area (Å²) < 4.78 is 5.75. The lowest BCUT2D eigenvalue weighted by molar-refractivity contribution is 1.27. The van der Waals surface area contributed by atoms with Crippen LogP contribution in [-0.4, -0.2) is 4.98 Å². The van der Waals surface area contributed by atoms with Crippen LogP contribution in [-0.2, 0) is 0 Å². The van der Waals surface area contributed by atoms with E-state index >= 15 is 0 Å². The van der Waals surface area contributed by atoms with E-state index in [0.717, 1.165) is 0 Å². The molecule has 0 radical (unpaired) electrons. The monoisotopic (exact) mass is 140 g/mol. The minimum atomic E-state index is 1.21. The molecule has 1 heteroatoms. The molecule has 0 saturated carbocycles. The van der Waals surface area contributed by atoms with E-state index in [0.29, 0.717) is 0 Å². The van der Waals surface area contributed by atoms with Gasteiger partial charge < -0.3 is 0 Å². The predicted molar refractivity (Wildman–Crippen MR) is 47.1 cm³/mol. The highest BCUT2D eigenvalue weighted by atomic mass is 14.6. The van der Waals surface area contributed by atoms with Crippen molar-refractivity contribution >= 4 is 0 Å². The van der Waals surface area contributed by atoms with Gasteiger partial charge >= 0.3 is 0 Å². The molecule has 1 rings (SSSR count). The van der Waals surface area contributed by atoms with Crippen molar-refractivity contribution in [2.75, 3.05) is 0 Å². The highest BCUT2D eigenvalue weighted by Gasteiger charge is 1.73. The van der Waals surface area contributed by atoms with Crippen LogP contribution in [0.2, 0.25) is 0 Å². The molecule has 0 aliphatic rings. The highest BCUT2D eigenvalue weighted by molar-refractivity contribution is 5.04. The molecule has 1 nitrogen and oxygen atoms in total. The van der Waals surface area contributed by atoms with Crippen molar-refractivity contribution in [3.63, 3.8) is 0 Å². The molecule has 0 aliphatic carbocycles. The number of hydrogen-bond donors (Lipinski definition) is 0. The fourth-order valence-electron chi connectivity index (χ4n) is 0.448. The second-order valence-electron chi connectivity index (χ2n) is 1.53. The van der Waals surface area contributed by atoms with Gasteiger partial charge in [0.25, 0.3) is 0 Å². The van der Waals surface area contributed by atoms with Crippen LogP contribution in [0.4, 0.5) is 0 Å². The first-order chi connectivity index (χ1) is 5.39. The third kappa shape index (κ3) is 5.29. The molecular formula is C9H17N. The summed E-state index contributed by atoms with van der Waals surface area (Å²) in [6.45, 7) is 6.02. The second kappa shape index (κ2) is 8.15. The van der Waals surface area contributed by atoms with Crippen LogP contribution in [0.25, 0.3) is 0 Å². The molecule has 58 valence electrons. The van der Waals surface area contributed by atoms with Gasteiger partial charge in [-0.15, -0.1) is 0 Å². The van der Waals surface area contributed by atoms with Crippen molar-refractivity contribution in [3.05, 3.63) is 30.1 Å². The first kappa shape index (κ1) is 9.15. The molecule has 0 bridgehead atoms. The molecule has 1 heterocycles. The van der Waals surface area contributed by atoms with Gasteiger partial charge in [0.2, 0.25) is 0 Å². The quantitative estimate of drug-likeness (QED) is 0.539. The molecule has 1 aromatic rings. The van der Waals surface area contributed by atoms with Crippen LogP contribution < -0.4 is 0 Å². The van der Waals surface area contributed by atoms with Gasteiger partial charge in [-0.3, -0.25) is 4.98 Å². The summed E-state index contributed by atoms with van der Waals surface area (Å²) in [5.41, 5.74) is 1.21. The van der Waals surface area contributed by atoms with E-state index in [1.54, 1.807) is 6.20 Å². The summed E-state index contributed by atoms with van der Waals surface area (Å²) in [4.78, 5) is 3.88. The maximum atomic E-state index is 5.75. The van der Waals surface area contributed by atoms with Crippen LogP contribution in [0.15, 0.2) is 24.5 Å². The van der Waals surface area contributed by atoms with Gasteiger partial charge in [-0.05, 0) is 18.6 Å². The van der Waals surface area contributed by atoms with E-state index in [1.165, 1.54) is 13.0 Å². The third-order valence-corrected chi connectivity index (χ3v) is 0.809. The van der Waals surface area contributed by atoms with Crippen molar-refractivity contribution in [1.29, 1.82) is 0 Å². The molecule has 10 heavy (non-hydrogen) atoms. The Morgan fingerprint density at radius 3 is 2.30 bits per heavy atom. The first-order valence-corrected chi connectivity index (χ1v) is 3.26. The maximum absolute atomic E-state index is 5.75. The highest BCUT2D eigenvalue weighted by Crippen LogP contribution is 1.88. The summed E-state index contributed by atoms with van der Waals surface area (Å²) in [6.07, 6.45) is 3.60. The summed E-state index contributed by atoms with van der Waals surface area (Å²) in [6, 6.07) is 3.95. The van der Waals surface area contributed by atoms with E-state index in [9.17, 15) is 0 Å². The molecule has 0 spiro atoms. The molecule has 0 saturated heterocycles. The normalized spacial score (nSPS) is 7.40. The Bertz CT molecular complexity index is 139. The standard InChI is InChI=1S/C6H7N.C2H6.CH4/c1-6-3-2-4-7-5-6;1-2;/h2-5H,1H3;1-2H3;1H4/i;;1D. The van der Waals surface area contributed by atoms with Crippen LogP contribution in [0.1, 0.15) is 28.2 Å². The second-order valence-corrected chi connectivity index (χ2v) is 1.53. The van der Waals surface area contributed by atoms with Gasteiger partial charge in [0.1, 0.15) is 0 Å². The van der Waals surface area contributed by atoms with Gasteiger partial charge in [0.05, 0.1) is 0 Å². The first-order valence-electron chi connectivity index (χ1n) is 4.26. The topological polar surface area (TPSA) is 12.9 Å². The van der Waals surface area contributed by atoms with E-state index in [2.05, 4.69) is 4.98 Å². The minimum Gasteiger partial charge on any atom is -0.264 e. The summed E-state index contributed by atoms with van der Waals surface area (Å²) in [5, 5.41) is 0. The van der Waals surface area contributed by atoms with Crippen LogP contribution in [0.3, 0.4) is 0 Å². The summed E-state index contributed by atoms with van der Waals surface area (Å²) in [5.74, 6) is 0. The third-order valence-electron chi connectivity index (χ3n) is 0.809. The van der Waals surface area contributed by atoms with Gasteiger partial charge in [-0.2, -0.15) is 0 Å². The van der Waals surface area contributed by atoms with Crippen molar-refractivity contribution in [2.24, 2.45) is 0 Å². The molecule has 1 aromatic heterocycles. The number of pyridine rings is 1. The predicted octanol–water partition coefficient (Wildman–Crippen LogP) is 3.05. The SMILES string of the molecule is CC.Cc1cccnc1.[2H]C. The van der Waals surface area contributed by atoms with Crippen molar-refractivity contribution < 1.29 is 1.37 Å². The van der Waals surface area contributed by atoms with Gasteiger partial charge in [0.15, 0.2) is 0 Å². The minimum absolute atomic E-state index is 1.21. The number of aromatic nitrogens is 1. The van der Waals surface area contributed by atoms with E-state index in [1.807, 2.05) is 39.1 Å². The van der Waals surface area contributed by atoms with Crippen molar-refractivity contribution in [3.8, 4) is 0 Å². The molecule has 0 atom stereocenters. The average molecular weight is 140 g/mol. The lowest BCUT2D eigenvalue weighted by atomic mass is 10.3. The largest absolute Gasteiger partial charge is 0.264 e. The number of rotatable bonds is 0. The van der Waals surface area contributed by atoms with Crippen molar-refractivity contribution in [2.45, 2.75) is 28.2 Å². The van der Waals surface area contributed by atoms with Gasteiger partial charge in [0, 0.05) is 13.8 Å². The summed E-state index contributed by atoms with van der Waals surface area (Å²) in [7, 11) is 1.25. The average Bonchev–Trinajstić information content (AvgIpc) is 2.13. The Morgan fingerprint density at radius 1 is 1.50 bits per heavy atom. The zero-order valence-electron chi connectivity index (χ0n) is 8.26. The fraction of sp³-hybridized carbons (Fsp3) is 0.444. The Labute approximate surface area is 65.5 Å². The lowest BCUT2D eigenvalue weighted by Crippen LogP contribution is -1.69. The Morgan fingerprint density at radius 2 is 2.10 bits per heavy atom. The molecule has 0 unspecified atom stereocenters. The van der Waals surface area contributed by atoms with Gasteiger partial charge in [-0.25, -0.2) is 0 Å². The van der Waals surface area contributed by atoms with Crippen molar-refractivity contribution in [1.82, 2.24) is 4.98 Å². The lowest BCUT2D eigenvalue weighted by Gasteiger charge is -1.82. The zero-order chi connectivity index (χ0) is 9.11. The van der Waals surface area contributed by atoms with Crippen LogP contribution >= 0.6 is 0 Å². The molecular weight excluding hydrogens is 122 g/mol. The zero-order valence-corrected chi connectivity index (χ0v) is 7.26. The van der Waals surface area contributed by atoms with E-state index < -0.39 is 0 Å². The van der Waals surface area contributed by atoms with Crippen LogP contribution in [0, 0.1) is 6.92 Å². The fourth-order valence-corrected chi connectivity index (χ4v) is 0.448. The smallest absolute Gasteiger partial charge is 0.0297 e. The molecule has 0 aliphatic heterocycles. The Balaban J connectivity index is 0. The molecule has 0 fully saturated rings. The van der Waals surface area contributed by atoms with E-state index in [-0.39, 0.29) is 0 Å². The molecule has 0 aromatic carbocycles. The Hall–Kier alpha value is -0.850. The number of aryl methyl sites for hydroxylation is 1. The summed E-state index contributed by atoms with van der Waals surface area (Å²) >= 11 is 0. The molecule has 0 N–H and O–H groups in total.